The van der Waals surface area contributed by atoms with E-state index in [1.807, 2.05) is 0 Å². The summed E-state index contributed by atoms with van der Waals surface area (Å²) in [5.74, 6) is -0.369. The van der Waals surface area contributed by atoms with E-state index in [4.69, 9.17) is 4.74 Å². The van der Waals surface area contributed by atoms with E-state index < -0.39 is 28.3 Å². The van der Waals surface area contributed by atoms with Crippen molar-refractivity contribution in [3.05, 3.63) is 54.3 Å². The lowest BCUT2D eigenvalue weighted by Gasteiger charge is -2.22. The lowest BCUT2D eigenvalue weighted by atomic mass is 10.2. The number of amides is 1. The lowest BCUT2D eigenvalue weighted by molar-refractivity contribution is -0.114. The van der Waals surface area contributed by atoms with Crippen molar-refractivity contribution in [2.24, 2.45) is 0 Å². The number of ether oxygens (including phenoxy) is 1. The number of hydrogen-bond acceptors (Lipinski definition) is 4. The molecule has 0 unspecified atom stereocenters. The van der Waals surface area contributed by atoms with Crippen molar-refractivity contribution in [3.63, 3.8) is 0 Å². The number of halogens is 1. The quantitative estimate of drug-likeness (QED) is 0.763. The number of benzene rings is 2. The van der Waals surface area contributed by atoms with Crippen LogP contribution in [0.25, 0.3) is 0 Å². The Morgan fingerprint density at radius 2 is 1.86 bits per heavy atom. The van der Waals surface area contributed by atoms with E-state index in [-0.39, 0.29) is 11.8 Å². The summed E-state index contributed by atoms with van der Waals surface area (Å²) in [5, 5.41) is 2.66. The summed E-state index contributed by atoms with van der Waals surface area (Å²) in [6.07, 6.45) is 5.69. The largest absolute Gasteiger partial charge is 0.490 e. The molecule has 28 heavy (non-hydrogen) atoms. The molecule has 1 aliphatic rings. The molecule has 0 aromatic heterocycles. The van der Waals surface area contributed by atoms with Crippen LogP contribution in [0.15, 0.2) is 48.5 Å². The fraction of sp³-hybridized carbons (Fsp3) is 0.350. The van der Waals surface area contributed by atoms with Gasteiger partial charge in [-0.15, -0.1) is 0 Å². The van der Waals surface area contributed by atoms with Crippen molar-refractivity contribution in [2.75, 3.05) is 22.4 Å². The Hall–Kier alpha value is -2.61. The van der Waals surface area contributed by atoms with Crippen LogP contribution in [0.3, 0.4) is 0 Å². The Morgan fingerprint density at radius 1 is 1.18 bits per heavy atom. The predicted molar refractivity (Wildman–Crippen MR) is 107 cm³/mol. The molecule has 1 saturated carbocycles. The molecule has 8 heteroatoms. The summed E-state index contributed by atoms with van der Waals surface area (Å²) in [6.45, 7) is -0.456. The molecule has 3 rings (SSSR count). The number of hydrogen-bond donors (Lipinski definition) is 1. The number of nitrogens with zero attached hydrogens (tertiary/aromatic N) is 1. The lowest BCUT2D eigenvalue weighted by Crippen LogP contribution is -2.37. The van der Waals surface area contributed by atoms with Gasteiger partial charge in [0.2, 0.25) is 15.9 Å². The number of carbonyl (C=O) groups excluding carboxylic acids is 1. The summed E-state index contributed by atoms with van der Waals surface area (Å²) in [4.78, 5) is 12.3. The molecule has 2 aromatic rings. The van der Waals surface area contributed by atoms with Crippen molar-refractivity contribution in [3.8, 4) is 5.75 Å². The van der Waals surface area contributed by atoms with Gasteiger partial charge in [0.1, 0.15) is 18.1 Å². The van der Waals surface area contributed by atoms with Crippen LogP contribution < -0.4 is 14.4 Å². The highest BCUT2D eigenvalue weighted by molar-refractivity contribution is 7.92. The summed E-state index contributed by atoms with van der Waals surface area (Å²) in [7, 11) is -3.76. The van der Waals surface area contributed by atoms with Crippen molar-refractivity contribution in [1.29, 1.82) is 0 Å². The fourth-order valence-electron chi connectivity index (χ4n) is 3.18. The van der Waals surface area contributed by atoms with E-state index in [0.29, 0.717) is 5.69 Å². The molecule has 0 spiro atoms. The van der Waals surface area contributed by atoms with Gasteiger partial charge in [-0.2, -0.15) is 0 Å². The Bertz CT molecular complexity index is 925. The Kier molecular flexibility index (Phi) is 6.18. The number of nitrogens with one attached hydrogen (secondary N) is 1. The maximum Gasteiger partial charge on any atom is 0.245 e. The standard InChI is InChI=1S/C20H23FN2O4S/c1-28(25,26)23(17-6-4-5-15(21)13-17)14-20(24)22-16-9-11-19(12-10-16)27-18-7-2-3-8-18/h4-6,9-13,18H,2-3,7-8,14H2,1H3,(H,22,24). The third kappa shape index (κ3) is 5.45. The van der Waals surface area contributed by atoms with Crippen LogP contribution >= 0.6 is 0 Å². The first-order valence-electron chi connectivity index (χ1n) is 9.11. The molecule has 0 bridgehead atoms. The average Bonchev–Trinajstić information content (AvgIpc) is 3.13. The van der Waals surface area contributed by atoms with Gasteiger partial charge < -0.3 is 10.1 Å². The minimum Gasteiger partial charge on any atom is -0.490 e. The number of carbonyl (C=O) groups is 1. The van der Waals surface area contributed by atoms with Crippen molar-refractivity contribution >= 4 is 27.3 Å². The Morgan fingerprint density at radius 3 is 2.46 bits per heavy atom. The maximum absolute atomic E-state index is 13.4. The fourth-order valence-corrected chi connectivity index (χ4v) is 4.03. The first kappa shape index (κ1) is 20.1. The maximum atomic E-state index is 13.4. The molecule has 1 amide bonds. The highest BCUT2D eigenvalue weighted by Crippen LogP contribution is 2.25. The van der Waals surface area contributed by atoms with Crippen LogP contribution in [0.5, 0.6) is 5.75 Å². The second kappa shape index (κ2) is 8.60. The predicted octanol–water partition coefficient (Wildman–Crippen LogP) is 3.55. The van der Waals surface area contributed by atoms with Gasteiger partial charge in [-0.25, -0.2) is 12.8 Å². The molecule has 1 fully saturated rings. The van der Waals surface area contributed by atoms with Gasteiger partial charge in [0, 0.05) is 5.69 Å². The molecule has 150 valence electrons. The summed E-state index contributed by atoms with van der Waals surface area (Å²) in [5.41, 5.74) is 0.620. The normalized spacial score (nSPS) is 14.6. The molecule has 0 heterocycles. The van der Waals surface area contributed by atoms with Crippen molar-refractivity contribution in [2.45, 2.75) is 31.8 Å². The highest BCUT2D eigenvalue weighted by Gasteiger charge is 2.21. The van der Waals surface area contributed by atoms with Gasteiger partial charge in [0.25, 0.3) is 0 Å². The molecule has 0 radical (unpaired) electrons. The highest BCUT2D eigenvalue weighted by atomic mass is 32.2. The third-order valence-electron chi connectivity index (χ3n) is 4.53. The third-order valence-corrected chi connectivity index (χ3v) is 5.67. The van der Waals surface area contributed by atoms with Gasteiger partial charge in [-0.1, -0.05) is 6.07 Å². The van der Waals surface area contributed by atoms with E-state index in [2.05, 4.69) is 5.32 Å². The van der Waals surface area contributed by atoms with Crippen molar-refractivity contribution < 1.29 is 22.3 Å². The Labute approximate surface area is 164 Å². The molecule has 2 aromatic carbocycles. The van der Waals surface area contributed by atoms with Gasteiger partial charge in [-0.3, -0.25) is 9.10 Å². The van der Waals surface area contributed by atoms with Crippen LogP contribution in [0.2, 0.25) is 0 Å². The van der Waals surface area contributed by atoms with Crippen LogP contribution in [0, 0.1) is 5.82 Å². The zero-order valence-corrected chi connectivity index (χ0v) is 16.4. The minimum atomic E-state index is -3.76. The number of anilines is 2. The first-order valence-corrected chi connectivity index (χ1v) is 11.0. The Balaban J connectivity index is 1.64. The van der Waals surface area contributed by atoms with Crippen LogP contribution in [0.4, 0.5) is 15.8 Å². The van der Waals surface area contributed by atoms with Crippen LogP contribution in [-0.2, 0) is 14.8 Å². The second-order valence-corrected chi connectivity index (χ2v) is 8.75. The smallest absolute Gasteiger partial charge is 0.245 e. The van der Waals surface area contributed by atoms with E-state index in [1.54, 1.807) is 24.3 Å². The molecular formula is C20H23FN2O4S. The summed E-state index contributed by atoms with van der Waals surface area (Å²) in [6, 6.07) is 12.1. The molecule has 1 aliphatic carbocycles. The zero-order chi connectivity index (χ0) is 20.1. The zero-order valence-electron chi connectivity index (χ0n) is 15.6. The van der Waals surface area contributed by atoms with Gasteiger partial charge in [0.05, 0.1) is 18.0 Å². The number of rotatable bonds is 7. The molecular weight excluding hydrogens is 383 g/mol. The molecule has 0 atom stereocenters. The van der Waals surface area contributed by atoms with Gasteiger partial charge >= 0.3 is 0 Å². The molecule has 1 N–H and O–H groups in total. The van der Waals surface area contributed by atoms with Gasteiger partial charge in [0.15, 0.2) is 0 Å². The van der Waals surface area contributed by atoms with Crippen LogP contribution in [-0.4, -0.2) is 33.2 Å². The SMILES string of the molecule is CS(=O)(=O)N(CC(=O)Nc1ccc(OC2CCCC2)cc1)c1cccc(F)c1. The molecule has 0 saturated heterocycles. The van der Waals surface area contributed by atoms with Crippen LogP contribution in [0.1, 0.15) is 25.7 Å². The summed E-state index contributed by atoms with van der Waals surface area (Å²) >= 11 is 0. The monoisotopic (exact) mass is 406 g/mol. The molecule has 6 nitrogen and oxygen atoms in total. The van der Waals surface area contributed by atoms with E-state index in [9.17, 15) is 17.6 Å². The minimum absolute atomic E-state index is 0.0953. The van der Waals surface area contributed by atoms with E-state index in [1.165, 1.54) is 31.0 Å². The van der Waals surface area contributed by atoms with Gasteiger partial charge in [-0.05, 0) is 68.1 Å². The van der Waals surface area contributed by atoms with E-state index in [0.717, 1.165) is 35.2 Å². The summed E-state index contributed by atoms with van der Waals surface area (Å²) < 4.78 is 44.3. The second-order valence-electron chi connectivity index (χ2n) is 6.85. The number of sulfonamides is 1. The topological polar surface area (TPSA) is 75.7 Å². The van der Waals surface area contributed by atoms with E-state index >= 15 is 0 Å². The molecule has 0 aliphatic heterocycles. The first-order chi connectivity index (χ1) is 13.3. The average molecular weight is 406 g/mol. The van der Waals surface area contributed by atoms with Crippen molar-refractivity contribution in [1.82, 2.24) is 0 Å².